The van der Waals surface area contributed by atoms with E-state index in [2.05, 4.69) is 82.4 Å². The standard InChI is InChI=1S/C52H90O10/c1-40(2)44(53)61-50(13,14)32-38-59-47(7,8)29-20-19-22-34-57-48(9,10)30-36-55-42-24-26-43(27-25-42)56-37-31-49(11,12)58-35-23-21-28-46(5,6)52(17,18)60-39-33-51(15,16)62-45(54)41(3)4/h24-27H,1,3,19-23,28-39H2,2,4-18H3. The number of rotatable bonds is 34. The van der Waals surface area contributed by atoms with Crippen LogP contribution >= 0.6 is 0 Å². The Balaban J connectivity index is 2.28. The SMILES string of the molecule is C=C(C)C(=O)OC(C)(C)CCOC(C)(C)CCCCCOC(C)(C)CCOc1ccc(OCCC(C)(C)OCCCCC(C)(C)C(C)(C)OCCC(C)(C)OC(=O)C(=C)C)cc1. The number of carbonyl (C=O) groups excluding carboxylic acids is 2. The van der Waals surface area contributed by atoms with E-state index in [1.165, 1.54) is 0 Å². The first-order chi connectivity index (χ1) is 28.4. The minimum atomic E-state index is -0.619. The molecule has 1 aromatic rings. The molecule has 358 valence electrons. The zero-order valence-electron chi connectivity index (χ0n) is 42.3. The lowest BCUT2D eigenvalue weighted by molar-refractivity contribution is -0.157. The van der Waals surface area contributed by atoms with Crippen molar-refractivity contribution in [1.29, 1.82) is 0 Å². The van der Waals surface area contributed by atoms with Gasteiger partial charge in [0, 0.05) is 50.0 Å². The van der Waals surface area contributed by atoms with Crippen LogP contribution in [0.1, 0.15) is 181 Å². The van der Waals surface area contributed by atoms with Gasteiger partial charge in [-0.15, -0.1) is 0 Å². The van der Waals surface area contributed by atoms with Crippen LogP contribution in [-0.2, 0) is 38.0 Å². The lowest BCUT2D eigenvalue weighted by atomic mass is 9.73. The molecule has 0 amide bonds. The molecule has 0 unspecified atom stereocenters. The molecule has 0 bridgehead atoms. The van der Waals surface area contributed by atoms with Crippen molar-refractivity contribution in [3.8, 4) is 11.5 Å². The van der Waals surface area contributed by atoms with Gasteiger partial charge in [-0.25, -0.2) is 9.59 Å². The lowest BCUT2D eigenvalue weighted by Gasteiger charge is -2.42. The molecule has 0 radical (unpaired) electrons. The van der Waals surface area contributed by atoms with Gasteiger partial charge in [-0.3, -0.25) is 0 Å². The smallest absolute Gasteiger partial charge is 0.333 e. The molecule has 0 aromatic heterocycles. The number of unbranched alkanes of at least 4 members (excludes halogenated alkanes) is 3. The third kappa shape index (κ3) is 24.8. The van der Waals surface area contributed by atoms with Crippen LogP contribution in [0.5, 0.6) is 11.5 Å². The van der Waals surface area contributed by atoms with Crippen molar-refractivity contribution in [2.75, 3.05) is 39.6 Å². The Morgan fingerprint density at radius 2 is 0.758 bits per heavy atom. The van der Waals surface area contributed by atoms with Gasteiger partial charge in [0.25, 0.3) is 0 Å². The average molecular weight is 875 g/mol. The highest BCUT2D eigenvalue weighted by Crippen LogP contribution is 2.39. The molecule has 10 nitrogen and oxygen atoms in total. The Morgan fingerprint density at radius 1 is 0.419 bits per heavy atom. The summed E-state index contributed by atoms with van der Waals surface area (Å²) in [6.45, 7) is 43.3. The van der Waals surface area contributed by atoms with Crippen molar-refractivity contribution in [2.45, 2.75) is 215 Å². The second-order valence-electron chi connectivity index (χ2n) is 21.4. The topological polar surface area (TPSA) is 108 Å². The van der Waals surface area contributed by atoms with E-state index >= 15 is 0 Å². The Labute approximate surface area is 378 Å². The maximum absolute atomic E-state index is 12.0. The predicted octanol–water partition coefficient (Wildman–Crippen LogP) is 12.7. The van der Waals surface area contributed by atoms with Gasteiger partial charge in [-0.05, 0) is 152 Å². The summed E-state index contributed by atoms with van der Waals surface area (Å²) in [6.07, 6.45) is 9.84. The Morgan fingerprint density at radius 3 is 1.18 bits per heavy atom. The molecular weight excluding hydrogens is 785 g/mol. The van der Waals surface area contributed by atoms with Crippen molar-refractivity contribution in [3.05, 3.63) is 48.6 Å². The van der Waals surface area contributed by atoms with Crippen molar-refractivity contribution in [3.63, 3.8) is 0 Å². The Kier molecular flexibility index (Phi) is 23.5. The highest BCUT2D eigenvalue weighted by Gasteiger charge is 2.38. The molecule has 0 aliphatic carbocycles. The first kappa shape index (κ1) is 57.1. The fraction of sp³-hybridized carbons (Fsp3) is 0.769. The molecule has 0 aliphatic heterocycles. The molecule has 62 heavy (non-hydrogen) atoms. The summed E-state index contributed by atoms with van der Waals surface area (Å²) in [5.74, 6) is 0.878. The number of ether oxygens (including phenoxy) is 8. The predicted molar refractivity (Wildman–Crippen MR) is 252 cm³/mol. The van der Waals surface area contributed by atoms with Crippen LogP contribution in [0.15, 0.2) is 48.6 Å². The highest BCUT2D eigenvalue weighted by molar-refractivity contribution is 5.87. The number of carbonyl (C=O) groups is 2. The van der Waals surface area contributed by atoms with E-state index in [9.17, 15) is 9.59 Å². The Bertz CT molecular complexity index is 1500. The van der Waals surface area contributed by atoms with Crippen LogP contribution in [0.25, 0.3) is 0 Å². The fourth-order valence-electron chi connectivity index (χ4n) is 6.27. The van der Waals surface area contributed by atoms with E-state index in [4.69, 9.17) is 37.9 Å². The van der Waals surface area contributed by atoms with Gasteiger partial charge in [-0.2, -0.15) is 0 Å². The number of benzene rings is 1. The number of hydrogen-bond donors (Lipinski definition) is 0. The zero-order chi connectivity index (χ0) is 47.5. The number of esters is 2. The van der Waals surface area contributed by atoms with E-state index in [0.717, 1.165) is 69.3 Å². The largest absolute Gasteiger partial charge is 0.493 e. The molecule has 0 heterocycles. The summed E-state index contributed by atoms with van der Waals surface area (Å²) < 4.78 is 48.2. The lowest BCUT2D eigenvalue weighted by Crippen LogP contribution is -2.43. The van der Waals surface area contributed by atoms with Crippen LogP contribution in [0, 0.1) is 5.41 Å². The summed E-state index contributed by atoms with van der Waals surface area (Å²) in [7, 11) is 0. The molecule has 0 spiro atoms. The summed E-state index contributed by atoms with van der Waals surface area (Å²) in [5, 5.41) is 0. The summed E-state index contributed by atoms with van der Waals surface area (Å²) in [5.41, 5.74) is -1.64. The second kappa shape index (κ2) is 25.5. The van der Waals surface area contributed by atoms with Crippen molar-refractivity contribution < 1.29 is 47.5 Å². The third-order valence-corrected chi connectivity index (χ3v) is 11.8. The van der Waals surface area contributed by atoms with Crippen LogP contribution in [0.2, 0.25) is 0 Å². The van der Waals surface area contributed by atoms with Crippen LogP contribution in [0.3, 0.4) is 0 Å². The molecule has 0 N–H and O–H groups in total. The average Bonchev–Trinajstić information content (AvgIpc) is 3.12. The van der Waals surface area contributed by atoms with E-state index in [1.807, 2.05) is 52.0 Å². The molecule has 0 aliphatic rings. The van der Waals surface area contributed by atoms with Gasteiger partial charge in [0.05, 0.1) is 48.8 Å². The van der Waals surface area contributed by atoms with Gasteiger partial charge < -0.3 is 37.9 Å². The van der Waals surface area contributed by atoms with Crippen LogP contribution in [0.4, 0.5) is 0 Å². The van der Waals surface area contributed by atoms with E-state index < -0.39 is 11.2 Å². The third-order valence-electron chi connectivity index (χ3n) is 11.8. The molecule has 0 saturated carbocycles. The van der Waals surface area contributed by atoms with E-state index in [0.29, 0.717) is 63.6 Å². The molecule has 0 saturated heterocycles. The first-order valence-electron chi connectivity index (χ1n) is 23.1. The van der Waals surface area contributed by atoms with Crippen molar-refractivity contribution >= 4 is 11.9 Å². The molecule has 1 aromatic carbocycles. The molecular formula is C52H90O10. The molecule has 10 heteroatoms. The summed E-state index contributed by atoms with van der Waals surface area (Å²) >= 11 is 0. The summed E-state index contributed by atoms with van der Waals surface area (Å²) in [6, 6.07) is 7.80. The normalized spacial score (nSPS) is 13.2. The van der Waals surface area contributed by atoms with Crippen LogP contribution in [-0.4, -0.2) is 85.2 Å². The fourth-order valence-corrected chi connectivity index (χ4v) is 6.27. The quantitative estimate of drug-likeness (QED) is 0.0377. The zero-order valence-corrected chi connectivity index (χ0v) is 42.3. The molecule has 1 rings (SSSR count). The van der Waals surface area contributed by atoms with Gasteiger partial charge in [0.1, 0.15) is 22.7 Å². The van der Waals surface area contributed by atoms with Crippen molar-refractivity contribution in [1.82, 2.24) is 0 Å². The summed E-state index contributed by atoms with van der Waals surface area (Å²) in [4.78, 5) is 23.9. The Hall–Kier alpha value is -2.92. The minimum Gasteiger partial charge on any atom is -0.493 e. The van der Waals surface area contributed by atoms with Gasteiger partial charge in [0.15, 0.2) is 0 Å². The molecule has 0 atom stereocenters. The minimum absolute atomic E-state index is 0.0516. The van der Waals surface area contributed by atoms with E-state index in [-0.39, 0.29) is 39.8 Å². The maximum atomic E-state index is 12.0. The van der Waals surface area contributed by atoms with Gasteiger partial charge >= 0.3 is 11.9 Å². The highest BCUT2D eigenvalue weighted by atomic mass is 16.6. The van der Waals surface area contributed by atoms with E-state index in [1.54, 1.807) is 13.8 Å². The monoisotopic (exact) mass is 875 g/mol. The van der Waals surface area contributed by atoms with Gasteiger partial charge in [-0.1, -0.05) is 46.3 Å². The second-order valence-corrected chi connectivity index (χ2v) is 21.4. The van der Waals surface area contributed by atoms with Gasteiger partial charge in [0.2, 0.25) is 0 Å². The molecule has 0 fully saturated rings. The first-order valence-corrected chi connectivity index (χ1v) is 23.1. The van der Waals surface area contributed by atoms with Crippen molar-refractivity contribution in [2.24, 2.45) is 5.41 Å². The maximum Gasteiger partial charge on any atom is 0.333 e. The van der Waals surface area contributed by atoms with Crippen LogP contribution < -0.4 is 9.47 Å². The number of hydrogen-bond acceptors (Lipinski definition) is 10.